The molecule has 5 heteroatoms. The molecule has 1 aliphatic carbocycles. The number of carbonyl (C=O) groups excluding carboxylic acids is 1. The summed E-state index contributed by atoms with van der Waals surface area (Å²) >= 11 is 0. The molecule has 5 nitrogen and oxygen atoms in total. The molecule has 0 bridgehead atoms. The number of carbonyl (C=O) groups is 1. The third kappa shape index (κ3) is 4.55. The summed E-state index contributed by atoms with van der Waals surface area (Å²) in [5.41, 5.74) is 3.24. The fourth-order valence-corrected chi connectivity index (χ4v) is 3.51. The minimum Gasteiger partial charge on any atom is -0.493 e. The summed E-state index contributed by atoms with van der Waals surface area (Å²) in [5, 5.41) is 13.4. The highest BCUT2D eigenvalue weighted by molar-refractivity contribution is 6.04. The highest BCUT2D eigenvalue weighted by Gasteiger charge is 2.24. The highest BCUT2D eigenvalue weighted by atomic mass is 16.5. The third-order valence-corrected chi connectivity index (χ3v) is 5.29. The van der Waals surface area contributed by atoms with Crippen molar-refractivity contribution < 1.29 is 9.53 Å². The van der Waals surface area contributed by atoms with E-state index in [4.69, 9.17) is 4.74 Å². The molecule has 1 heterocycles. The number of rotatable bonds is 8. The average Bonchev–Trinajstić information content (AvgIpc) is 3.51. The predicted octanol–water partition coefficient (Wildman–Crippen LogP) is 4.60. The molecule has 30 heavy (non-hydrogen) atoms. The summed E-state index contributed by atoms with van der Waals surface area (Å²) in [6.45, 7) is 3.45. The van der Waals surface area contributed by atoms with Crippen LogP contribution in [0.5, 0.6) is 5.75 Å². The Kier molecular flexibility index (Phi) is 5.85. The number of hydrogen-bond donors (Lipinski definition) is 1. The Morgan fingerprint density at radius 3 is 2.77 bits per heavy atom. The van der Waals surface area contributed by atoms with Gasteiger partial charge in [0.25, 0.3) is 5.91 Å². The summed E-state index contributed by atoms with van der Waals surface area (Å²) in [7, 11) is 0. The molecule has 1 amide bonds. The van der Waals surface area contributed by atoms with Crippen LogP contribution >= 0.6 is 0 Å². The number of aryl methyl sites for hydroxylation is 2. The first-order valence-corrected chi connectivity index (χ1v) is 10.3. The van der Waals surface area contributed by atoms with E-state index in [9.17, 15) is 10.1 Å². The number of hydrogen-bond acceptors (Lipinski definition) is 3. The molecule has 0 aliphatic heterocycles. The van der Waals surface area contributed by atoms with Crippen LogP contribution in [0, 0.1) is 18.3 Å². The first kappa shape index (κ1) is 19.8. The van der Waals surface area contributed by atoms with Crippen LogP contribution in [-0.2, 0) is 11.3 Å². The van der Waals surface area contributed by atoms with Crippen LogP contribution in [0.3, 0.4) is 0 Å². The summed E-state index contributed by atoms with van der Waals surface area (Å²) in [6.07, 6.45) is 6.55. The second kappa shape index (κ2) is 8.87. The van der Waals surface area contributed by atoms with E-state index in [-0.39, 0.29) is 17.5 Å². The van der Waals surface area contributed by atoms with Gasteiger partial charge in [-0.05, 0) is 50.0 Å². The molecule has 0 atom stereocenters. The van der Waals surface area contributed by atoms with Crippen LogP contribution in [-0.4, -0.2) is 23.1 Å². The number of amides is 1. The first-order valence-electron chi connectivity index (χ1n) is 10.3. The number of ether oxygens (including phenoxy) is 1. The zero-order valence-corrected chi connectivity index (χ0v) is 17.1. The lowest BCUT2D eigenvalue weighted by molar-refractivity contribution is -0.117. The fraction of sp³-hybridized carbons (Fsp3) is 0.280. The molecular weight excluding hydrogens is 374 g/mol. The van der Waals surface area contributed by atoms with E-state index < -0.39 is 0 Å². The second-order valence-electron chi connectivity index (χ2n) is 7.68. The van der Waals surface area contributed by atoms with E-state index in [1.807, 2.05) is 55.6 Å². The molecule has 1 saturated carbocycles. The number of nitriles is 1. The summed E-state index contributed by atoms with van der Waals surface area (Å²) in [6, 6.07) is 18.3. The quantitative estimate of drug-likeness (QED) is 0.342. The lowest BCUT2D eigenvalue weighted by Crippen LogP contribution is -2.26. The van der Waals surface area contributed by atoms with Gasteiger partial charge in [-0.25, -0.2) is 0 Å². The number of para-hydroxylation sites is 2. The number of aromatic nitrogens is 1. The van der Waals surface area contributed by atoms with Gasteiger partial charge in [0.15, 0.2) is 0 Å². The summed E-state index contributed by atoms with van der Waals surface area (Å²) in [5.74, 6) is 0.627. The highest BCUT2D eigenvalue weighted by Crippen LogP contribution is 2.25. The van der Waals surface area contributed by atoms with Gasteiger partial charge in [0.1, 0.15) is 17.4 Å². The van der Waals surface area contributed by atoms with Crippen molar-refractivity contribution in [2.75, 3.05) is 6.61 Å². The number of nitrogens with one attached hydrogen (secondary N) is 1. The molecular formula is C25H25N3O2. The van der Waals surface area contributed by atoms with Gasteiger partial charge in [-0.3, -0.25) is 4.79 Å². The summed E-state index contributed by atoms with van der Waals surface area (Å²) < 4.78 is 8.08. The minimum absolute atomic E-state index is 0.146. The monoisotopic (exact) mass is 399 g/mol. The van der Waals surface area contributed by atoms with Crippen LogP contribution in [0.15, 0.2) is 60.3 Å². The van der Waals surface area contributed by atoms with Crippen molar-refractivity contribution >= 4 is 22.9 Å². The molecule has 4 rings (SSSR count). The third-order valence-electron chi connectivity index (χ3n) is 5.29. The maximum atomic E-state index is 12.3. The second-order valence-corrected chi connectivity index (χ2v) is 7.68. The Balaban J connectivity index is 1.49. The summed E-state index contributed by atoms with van der Waals surface area (Å²) in [4.78, 5) is 12.3. The van der Waals surface area contributed by atoms with E-state index >= 15 is 0 Å². The molecule has 1 fully saturated rings. The Morgan fingerprint density at radius 1 is 1.23 bits per heavy atom. The maximum Gasteiger partial charge on any atom is 0.262 e. The molecule has 2 aromatic carbocycles. The predicted molar refractivity (Wildman–Crippen MR) is 118 cm³/mol. The molecule has 1 aliphatic rings. The molecule has 0 unspecified atom stereocenters. The van der Waals surface area contributed by atoms with Crippen molar-refractivity contribution in [3.63, 3.8) is 0 Å². The Labute approximate surface area is 176 Å². The van der Waals surface area contributed by atoms with Gasteiger partial charge in [0, 0.05) is 35.2 Å². The Bertz CT molecular complexity index is 1130. The Morgan fingerprint density at radius 2 is 2.00 bits per heavy atom. The smallest absolute Gasteiger partial charge is 0.262 e. The standard InChI is InChI=1S/C25H25N3O2/c1-18-7-2-5-10-24(18)30-14-6-13-28-17-20(22-8-3-4-9-23(22)28)15-19(16-26)25(29)27-21-11-12-21/h2-5,7-10,15,17,21H,6,11-14H2,1H3,(H,27,29)/b19-15+. The number of benzene rings is 2. The van der Waals surface area contributed by atoms with E-state index in [1.165, 1.54) is 0 Å². The lowest BCUT2D eigenvalue weighted by Gasteiger charge is -2.09. The number of fused-ring (bicyclic) bond motifs is 1. The van der Waals surface area contributed by atoms with E-state index in [0.717, 1.165) is 53.6 Å². The van der Waals surface area contributed by atoms with E-state index in [1.54, 1.807) is 6.08 Å². The SMILES string of the molecule is Cc1ccccc1OCCCn1cc(/C=C(\C#N)C(=O)NC2CC2)c2ccccc21. The number of nitrogens with zero attached hydrogens (tertiary/aromatic N) is 2. The largest absolute Gasteiger partial charge is 0.493 e. The van der Waals surface area contributed by atoms with Gasteiger partial charge >= 0.3 is 0 Å². The van der Waals surface area contributed by atoms with Crippen molar-refractivity contribution in [2.24, 2.45) is 0 Å². The average molecular weight is 399 g/mol. The molecule has 0 radical (unpaired) electrons. The van der Waals surface area contributed by atoms with Crippen molar-refractivity contribution in [3.8, 4) is 11.8 Å². The van der Waals surface area contributed by atoms with Gasteiger partial charge in [-0.2, -0.15) is 5.26 Å². The van der Waals surface area contributed by atoms with Gasteiger partial charge in [0.05, 0.1) is 6.61 Å². The van der Waals surface area contributed by atoms with Crippen LogP contribution in [0.25, 0.3) is 17.0 Å². The fourth-order valence-electron chi connectivity index (χ4n) is 3.51. The van der Waals surface area contributed by atoms with Crippen LogP contribution in [0.1, 0.15) is 30.4 Å². The van der Waals surface area contributed by atoms with Crippen molar-refractivity contribution in [2.45, 2.75) is 38.8 Å². The van der Waals surface area contributed by atoms with E-state index in [2.05, 4.69) is 22.0 Å². The Hall–Kier alpha value is -3.52. The molecule has 0 spiro atoms. The normalized spacial score (nSPS) is 13.8. The zero-order chi connectivity index (χ0) is 20.9. The topological polar surface area (TPSA) is 67.0 Å². The lowest BCUT2D eigenvalue weighted by atomic mass is 10.1. The maximum absolute atomic E-state index is 12.3. The molecule has 3 aromatic rings. The van der Waals surface area contributed by atoms with Gasteiger partial charge in [0.2, 0.25) is 0 Å². The molecule has 152 valence electrons. The van der Waals surface area contributed by atoms with Gasteiger partial charge in [-0.1, -0.05) is 36.4 Å². The van der Waals surface area contributed by atoms with Crippen LogP contribution in [0.2, 0.25) is 0 Å². The van der Waals surface area contributed by atoms with Crippen molar-refractivity contribution in [3.05, 3.63) is 71.4 Å². The van der Waals surface area contributed by atoms with Gasteiger partial charge < -0.3 is 14.6 Å². The molecule has 1 N–H and O–H groups in total. The first-order chi connectivity index (χ1) is 14.7. The molecule has 1 aromatic heterocycles. The van der Waals surface area contributed by atoms with Crippen LogP contribution < -0.4 is 10.1 Å². The zero-order valence-electron chi connectivity index (χ0n) is 17.1. The molecule has 0 saturated heterocycles. The van der Waals surface area contributed by atoms with Crippen LogP contribution in [0.4, 0.5) is 0 Å². The van der Waals surface area contributed by atoms with Crippen molar-refractivity contribution in [1.29, 1.82) is 5.26 Å². The van der Waals surface area contributed by atoms with Crippen molar-refractivity contribution in [1.82, 2.24) is 9.88 Å². The minimum atomic E-state index is -0.288. The van der Waals surface area contributed by atoms with E-state index in [0.29, 0.717) is 6.61 Å². The van der Waals surface area contributed by atoms with Gasteiger partial charge in [-0.15, -0.1) is 0 Å².